The second kappa shape index (κ2) is 10.1. The van der Waals surface area contributed by atoms with Crippen LogP contribution in [-0.4, -0.2) is 64.2 Å². The molecule has 28 heavy (non-hydrogen) atoms. The van der Waals surface area contributed by atoms with E-state index < -0.39 is 17.5 Å². The Morgan fingerprint density at radius 2 is 1.61 bits per heavy atom. The molecule has 0 aromatic carbocycles. The van der Waals surface area contributed by atoms with Crippen LogP contribution in [0.5, 0.6) is 0 Å². The van der Waals surface area contributed by atoms with E-state index in [0.717, 1.165) is 45.1 Å². The van der Waals surface area contributed by atoms with Crippen molar-refractivity contribution in [1.82, 2.24) is 9.80 Å². The van der Waals surface area contributed by atoms with Crippen molar-refractivity contribution in [2.24, 2.45) is 5.92 Å². The Kier molecular flexibility index (Phi) is 8.13. The quantitative estimate of drug-likeness (QED) is 0.770. The van der Waals surface area contributed by atoms with Gasteiger partial charge >= 0.3 is 12.1 Å². The van der Waals surface area contributed by atoms with Gasteiger partial charge in [-0.25, -0.2) is 4.79 Å². The Morgan fingerprint density at radius 3 is 2.21 bits per heavy atom. The summed E-state index contributed by atoms with van der Waals surface area (Å²) in [4.78, 5) is 40.2. The van der Waals surface area contributed by atoms with Gasteiger partial charge in [-0.3, -0.25) is 9.59 Å². The Hall–Kier alpha value is -1.79. The number of hydrogen-bond acceptors (Lipinski definition) is 4. The van der Waals surface area contributed by atoms with Crippen molar-refractivity contribution in [1.29, 1.82) is 0 Å². The highest BCUT2D eigenvalue weighted by Gasteiger charge is 2.32. The molecule has 0 bridgehead atoms. The molecule has 2 heterocycles. The number of amides is 2. The van der Waals surface area contributed by atoms with Crippen molar-refractivity contribution < 1.29 is 24.2 Å². The fraction of sp³-hybridized carbons (Fsp3) is 0.857. The number of carbonyl (C=O) groups is 3. The van der Waals surface area contributed by atoms with E-state index in [1.165, 1.54) is 0 Å². The zero-order valence-electron chi connectivity index (χ0n) is 17.6. The van der Waals surface area contributed by atoms with Gasteiger partial charge in [0.05, 0.1) is 5.92 Å². The highest BCUT2D eigenvalue weighted by molar-refractivity contribution is 5.78. The van der Waals surface area contributed by atoms with Gasteiger partial charge in [-0.15, -0.1) is 0 Å². The lowest BCUT2D eigenvalue weighted by molar-refractivity contribution is -0.142. The monoisotopic (exact) mass is 396 g/mol. The average Bonchev–Trinajstić information content (AvgIpc) is 2.65. The molecule has 0 aromatic heterocycles. The average molecular weight is 397 g/mol. The van der Waals surface area contributed by atoms with Gasteiger partial charge in [-0.05, 0) is 52.9 Å². The molecule has 1 unspecified atom stereocenters. The van der Waals surface area contributed by atoms with Crippen LogP contribution in [0.1, 0.15) is 78.6 Å². The van der Waals surface area contributed by atoms with Gasteiger partial charge in [0.25, 0.3) is 0 Å². The fourth-order valence-corrected chi connectivity index (χ4v) is 4.06. The molecule has 2 amide bonds. The second-order valence-corrected chi connectivity index (χ2v) is 9.06. The van der Waals surface area contributed by atoms with Gasteiger partial charge in [0.1, 0.15) is 5.60 Å². The Balaban J connectivity index is 1.94. The van der Waals surface area contributed by atoms with Crippen molar-refractivity contribution in [2.45, 2.75) is 90.2 Å². The lowest BCUT2D eigenvalue weighted by atomic mass is 9.96. The first-order valence-electron chi connectivity index (χ1n) is 10.7. The molecule has 2 aliphatic rings. The van der Waals surface area contributed by atoms with Crippen LogP contribution in [0.2, 0.25) is 0 Å². The van der Waals surface area contributed by atoms with Gasteiger partial charge in [-0.1, -0.05) is 19.3 Å². The van der Waals surface area contributed by atoms with Crippen LogP contribution in [0, 0.1) is 5.92 Å². The number of carboxylic acid groups (broad SMARTS) is 1. The van der Waals surface area contributed by atoms with Gasteiger partial charge in [0, 0.05) is 32.1 Å². The number of carbonyl (C=O) groups excluding carboxylic acids is 2. The molecule has 1 atom stereocenters. The van der Waals surface area contributed by atoms with Crippen LogP contribution in [0.4, 0.5) is 4.79 Å². The SMILES string of the molecule is CC(C)(C)OC(=O)N1CCC(N2CCCCCCC(C(=O)O)CCC2=O)CC1. The summed E-state index contributed by atoms with van der Waals surface area (Å²) in [6.45, 7) is 7.47. The van der Waals surface area contributed by atoms with Crippen LogP contribution in [0.3, 0.4) is 0 Å². The maximum absolute atomic E-state index is 12.8. The van der Waals surface area contributed by atoms with E-state index in [1.54, 1.807) is 4.90 Å². The summed E-state index contributed by atoms with van der Waals surface area (Å²) in [5, 5.41) is 9.38. The maximum atomic E-state index is 12.8. The third kappa shape index (κ3) is 6.99. The van der Waals surface area contributed by atoms with Crippen LogP contribution in [0.25, 0.3) is 0 Å². The number of aliphatic carboxylic acids is 1. The summed E-state index contributed by atoms with van der Waals surface area (Å²) < 4.78 is 5.44. The fourth-order valence-electron chi connectivity index (χ4n) is 4.06. The highest BCUT2D eigenvalue weighted by Crippen LogP contribution is 2.24. The molecule has 0 saturated carbocycles. The van der Waals surface area contributed by atoms with Crippen LogP contribution in [-0.2, 0) is 14.3 Å². The van der Waals surface area contributed by atoms with Gasteiger partial charge < -0.3 is 19.6 Å². The predicted octanol–water partition coefficient (Wildman–Crippen LogP) is 3.66. The Bertz CT molecular complexity index is 549. The third-order valence-corrected chi connectivity index (χ3v) is 5.63. The van der Waals surface area contributed by atoms with Crippen LogP contribution < -0.4 is 0 Å². The molecule has 0 spiro atoms. The number of carboxylic acids is 1. The zero-order chi connectivity index (χ0) is 20.7. The summed E-state index contributed by atoms with van der Waals surface area (Å²) in [6.07, 6.45) is 6.48. The molecule has 0 aliphatic carbocycles. The number of likely N-dealkylation sites (tertiary alicyclic amines) is 1. The number of nitrogens with zero attached hydrogens (tertiary/aromatic N) is 2. The summed E-state index contributed by atoms with van der Waals surface area (Å²) >= 11 is 0. The van der Waals surface area contributed by atoms with Crippen molar-refractivity contribution in [3.63, 3.8) is 0 Å². The number of hydrogen-bond donors (Lipinski definition) is 1. The van der Waals surface area contributed by atoms with E-state index >= 15 is 0 Å². The molecule has 7 heteroatoms. The van der Waals surface area contributed by atoms with E-state index in [4.69, 9.17) is 4.74 Å². The van der Waals surface area contributed by atoms with Crippen molar-refractivity contribution in [2.75, 3.05) is 19.6 Å². The minimum Gasteiger partial charge on any atom is -0.481 e. The zero-order valence-corrected chi connectivity index (χ0v) is 17.6. The maximum Gasteiger partial charge on any atom is 0.410 e. The first kappa shape index (κ1) is 22.5. The van der Waals surface area contributed by atoms with Crippen molar-refractivity contribution in [3.05, 3.63) is 0 Å². The molecule has 2 fully saturated rings. The minimum absolute atomic E-state index is 0.0591. The van der Waals surface area contributed by atoms with E-state index in [9.17, 15) is 19.5 Å². The normalized spacial score (nSPS) is 23.8. The molecule has 7 nitrogen and oxygen atoms in total. The van der Waals surface area contributed by atoms with Crippen molar-refractivity contribution >= 4 is 18.0 Å². The summed E-state index contributed by atoms with van der Waals surface area (Å²) in [7, 11) is 0. The molecule has 0 radical (unpaired) electrons. The molecule has 1 N–H and O–H groups in total. The lowest BCUT2D eigenvalue weighted by Crippen LogP contribution is -2.50. The standard InChI is InChI=1S/C21H36N2O5/c1-21(2,3)28-20(27)22-14-11-17(12-15-22)23-13-7-5-4-6-8-16(19(25)26)9-10-18(23)24/h16-17H,4-15H2,1-3H3,(H,25,26). The van der Waals surface area contributed by atoms with Gasteiger partial charge in [0.15, 0.2) is 0 Å². The second-order valence-electron chi connectivity index (χ2n) is 9.06. The lowest BCUT2D eigenvalue weighted by Gasteiger charge is -2.39. The van der Waals surface area contributed by atoms with E-state index in [-0.39, 0.29) is 18.0 Å². The first-order chi connectivity index (χ1) is 13.2. The molecule has 2 aliphatic heterocycles. The molecule has 160 valence electrons. The molecule has 2 saturated heterocycles. The summed E-state index contributed by atoms with van der Waals surface area (Å²) in [5.41, 5.74) is -0.511. The van der Waals surface area contributed by atoms with Crippen LogP contribution in [0.15, 0.2) is 0 Å². The van der Waals surface area contributed by atoms with E-state index in [1.807, 2.05) is 25.7 Å². The Labute approximate surface area is 168 Å². The smallest absolute Gasteiger partial charge is 0.410 e. The minimum atomic E-state index is -0.788. The van der Waals surface area contributed by atoms with Gasteiger partial charge in [-0.2, -0.15) is 0 Å². The number of rotatable bonds is 2. The summed E-state index contributed by atoms with van der Waals surface area (Å²) in [5.74, 6) is -1.15. The molecule has 2 rings (SSSR count). The summed E-state index contributed by atoms with van der Waals surface area (Å²) in [6, 6.07) is 0.121. The van der Waals surface area contributed by atoms with Gasteiger partial charge in [0.2, 0.25) is 5.91 Å². The molecule has 0 aromatic rings. The molecular formula is C21H36N2O5. The Morgan fingerprint density at radius 1 is 0.964 bits per heavy atom. The largest absolute Gasteiger partial charge is 0.481 e. The third-order valence-electron chi connectivity index (χ3n) is 5.63. The number of piperidine rings is 1. The first-order valence-corrected chi connectivity index (χ1v) is 10.7. The topological polar surface area (TPSA) is 87.2 Å². The predicted molar refractivity (Wildman–Crippen MR) is 106 cm³/mol. The highest BCUT2D eigenvalue weighted by atomic mass is 16.6. The number of ether oxygens (including phenoxy) is 1. The van der Waals surface area contributed by atoms with Crippen LogP contribution >= 0.6 is 0 Å². The molecular weight excluding hydrogens is 360 g/mol. The van der Waals surface area contributed by atoms with E-state index in [0.29, 0.717) is 32.4 Å². The van der Waals surface area contributed by atoms with E-state index in [2.05, 4.69) is 0 Å². The van der Waals surface area contributed by atoms with Crippen molar-refractivity contribution in [3.8, 4) is 0 Å².